The van der Waals surface area contributed by atoms with Crippen molar-refractivity contribution in [3.8, 4) is 0 Å². The van der Waals surface area contributed by atoms with Gasteiger partial charge in [0, 0.05) is 4.47 Å². The fourth-order valence-corrected chi connectivity index (χ4v) is 1.90. The summed E-state index contributed by atoms with van der Waals surface area (Å²) in [4.78, 5) is 0. The monoisotopic (exact) mass is 342 g/mol. The third-order valence-electron chi connectivity index (χ3n) is 2.47. The second-order valence-corrected chi connectivity index (χ2v) is 5.63. The van der Waals surface area contributed by atoms with Crippen LogP contribution in [0.4, 0.5) is 16.1 Å². The molecule has 1 aromatic heterocycles. The van der Waals surface area contributed by atoms with Gasteiger partial charge in [0.2, 0.25) is 5.89 Å². The Bertz CT molecular complexity index is 573. The number of hydrogen-bond donors (Lipinski definition) is 2. The number of nitrogens with one attached hydrogen (secondary N) is 2. The zero-order valence-electron chi connectivity index (χ0n) is 11.3. The van der Waals surface area contributed by atoms with Crippen LogP contribution < -0.4 is 10.6 Å². The maximum absolute atomic E-state index is 13.2. The Morgan fingerprint density at radius 1 is 1.35 bits per heavy atom. The van der Waals surface area contributed by atoms with E-state index in [4.69, 9.17) is 4.42 Å². The molecule has 5 nitrogen and oxygen atoms in total. The molecular formula is C13H16BrFN4O. The molecule has 0 aliphatic rings. The summed E-state index contributed by atoms with van der Waals surface area (Å²) in [7, 11) is 0. The van der Waals surface area contributed by atoms with Crippen LogP contribution in [0.5, 0.6) is 0 Å². The number of aromatic nitrogens is 2. The van der Waals surface area contributed by atoms with Gasteiger partial charge in [-0.25, -0.2) is 4.39 Å². The second-order valence-electron chi connectivity index (χ2n) is 4.77. The van der Waals surface area contributed by atoms with E-state index in [-0.39, 0.29) is 11.8 Å². The molecule has 0 radical (unpaired) electrons. The highest BCUT2D eigenvalue weighted by atomic mass is 79.9. The summed E-state index contributed by atoms with van der Waals surface area (Å²) in [5, 5.41) is 13.9. The number of rotatable bonds is 6. The fraction of sp³-hybridized carbons (Fsp3) is 0.385. The normalized spacial score (nSPS) is 11.1. The van der Waals surface area contributed by atoms with Crippen molar-refractivity contribution in [3.63, 3.8) is 0 Å². The van der Waals surface area contributed by atoms with Crippen LogP contribution in [0, 0.1) is 11.7 Å². The van der Waals surface area contributed by atoms with Crippen LogP contribution in [-0.4, -0.2) is 16.7 Å². The highest BCUT2D eigenvalue weighted by Gasteiger charge is 2.08. The molecule has 0 bridgehead atoms. The number of nitrogens with zero attached hydrogens (tertiary/aromatic N) is 2. The Hall–Kier alpha value is -1.47. The number of benzene rings is 1. The molecule has 0 saturated carbocycles. The molecule has 108 valence electrons. The first-order valence-electron chi connectivity index (χ1n) is 6.30. The molecule has 1 aromatic carbocycles. The van der Waals surface area contributed by atoms with Crippen molar-refractivity contribution in [2.45, 2.75) is 20.4 Å². The molecule has 2 aromatic rings. The minimum atomic E-state index is -0.339. The highest BCUT2D eigenvalue weighted by Crippen LogP contribution is 2.25. The van der Waals surface area contributed by atoms with Crippen molar-refractivity contribution in [1.29, 1.82) is 0 Å². The number of halogens is 2. The van der Waals surface area contributed by atoms with Gasteiger partial charge in [0.15, 0.2) is 0 Å². The van der Waals surface area contributed by atoms with Crippen molar-refractivity contribution in [2.24, 2.45) is 5.92 Å². The van der Waals surface area contributed by atoms with Gasteiger partial charge in [-0.05, 0) is 46.6 Å². The van der Waals surface area contributed by atoms with Crippen molar-refractivity contribution in [3.05, 3.63) is 34.4 Å². The number of hydrogen-bond acceptors (Lipinski definition) is 5. The summed E-state index contributed by atoms with van der Waals surface area (Å²) >= 11 is 3.32. The average Bonchev–Trinajstić information content (AvgIpc) is 2.81. The van der Waals surface area contributed by atoms with Gasteiger partial charge in [0.05, 0.1) is 12.2 Å². The first-order chi connectivity index (χ1) is 9.54. The SMILES string of the molecule is CC(C)CNCc1nnc(Nc2cc(F)ccc2Br)o1. The minimum absolute atomic E-state index is 0.234. The quantitative estimate of drug-likeness (QED) is 0.841. The third kappa shape index (κ3) is 4.28. The largest absolute Gasteiger partial charge is 0.406 e. The molecule has 0 aliphatic heterocycles. The van der Waals surface area contributed by atoms with Gasteiger partial charge in [0.25, 0.3) is 0 Å². The first-order valence-corrected chi connectivity index (χ1v) is 7.09. The maximum atomic E-state index is 13.2. The van der Waals surface area contributed by atoms with Gasteiger partial charge in [-0.1, -0.05) is 18.9 Å². The van der Waals surface area contributed by atoms with Crippen LogP contribution in [0.25, 0.3) is 0 Å². The van der Waals surface area contributed by atoms with Gasteiger partial charge in [-0.15, -0.1) is 5.10 Å². The van der Waals surface area contributed by atoms with E-state index in [1.54, 1.807) is 6.07 Å². The van der Waals surface area contributed by atoms with E-state index in [1.165, 1.54) is 12.1 Å². The average molecular weight is 343 g/mol. The Morgan fingerprint density at radius 3 is 2.90 bits per heavy atom. The van der Waals surface area contributed by atoms with Crippen molar-refractivity contribution in [2.75, 3.05) is 11.9 Å². The van der Waals surface area contributed by atoms with Gasteiger partial charge < -0.3 is 15.1 Å². The zero-order valence-corrected chi connectivity index (χ0v) is 12.9. The van der Waals surface area contributed by atoms with Crippen molar-refractivity contribution < 1.29 is 8.81 Å². The molecule has 0 atom stereocenters. The van der Waals surface area contributed by atoms with E-state index in [0.29, 0.717) is 24.0 Å². The van der Waals surface area contributed by atoms with Gasteiger partial charge in [0.1, 0.15) is 5.82 Å². The predicted octanol–water partition coefficient (Wildman–Crippen LogP) is 3.46. The van der Waals surface area contributed by atoms with Gasteiger partial charge in [-0.3, -0.25) is 0 Å². The molecule has 7 heteroatoms. The lowest BCUT2D eigenvalue weighted by Crippen LogP contribution is -2.19. The molecule has 0 aliphatic carbocycles. The summed E-state index contributed by atoms with van der Waals surface area (Å²) in [5.74, 6) is 0.702. The fourth-order valence-electron chi connectivity index (χ4n) is 1.55. The topological polar surface area (TPSA) is 63.0 Å². The Morgan fingerprint density at radius 2 is 2.15 bits per heavy atom. The molecule has 0 unspecified atom stereocenters. The molecule has 20 heavy (non-hydrogen) atoms. The zero-order chi connectivity index (χ0) is 14.5. The molecule has 0 spiro atoms. The number of anilines is 2. The maximum Gasteiger partial charge on any atom is 0.320 e. The first kappa shape index (κ1) is 14.9. The summed E-state index contributed by atoms with van der Waals surface area (Å²) in [5.41, 5.74) is 0.537. The summed E-state index contributed by atoms with van der Waals surface area (Å²) in [6.45, 7) is 5.63. The minimum Gasteiger partial charge on any atom is -0.406 e. The van der Waals surface area contributed by atoms with Crippen LogP contribution in [0.1, 0.15) is 19.7 Å². The third-order valence-corrected chi connectivity index (χ3v) is 3.16. The molecule has 0 saturated heterocycles. The molecule has 0 amide bonds. The predicted molar refractivity (Wildman–Crippen MR) is 78.2 cm³/mol. The van der Waals surface area contributed by atoms with Crippen molar-refractivity contribution >= 4 is 27.6 Å². The van der Waals surface area contributed by atoms with Crippen LogP contribution in [-0.2, 0) is 6.54 Å². The van der Waals surface area contributed by atoms with Crippen LogP contribution in [0.15, 0.2) is 27.1 Å². The van der Waals surface area contributed by atoms with Gasteiger partial charge in [-0.2, -0.15) is 0 Å². The molecule has 2 rings (SSSR count). The Labute approximate surface area is 125 Å². The Kier molecular flexibility index (Phi) is 5.08. The lowest BCUT2D eigenvalue weighted by molar-refractivity contribution is 0.460. The van der Waals surface area contributed by atoms with Crippen LogP contribution in [0.2, 0.25) is 0 Å². The van der Waals surface area contributed by atoms with E-state index in [1.807, 2.05) is 0 Å². The van der Waals surface area contributed by atoms with E-state index in [0.717, 1.165) is 11.0 Å². The van der Waals surface area contributed by atoms with E-state index in [9.17, 15) is 4.39 Å². The lowest BCUT2D eigenvalue weighted by atomic mass is 10.2. The summed E-state index contributed by atoms with van der Waals surface area (Å²) in [6, 6.07) is 4.56. The summed E-state index contributed by atoms with van der Waals surface area (Å²) in [6.07, 6.45) is 0. The van der Waals surface area contributed by atoms with E-state index >= 15 is 0 Å². The molecular weight excluding hydrogens is 327 g/mol. The van der Waals surface area contributed by atoms with Crippen molar-refractivity contribution in [1.82, 2.24) is 15.5 Å². The smallest absolute Gasteiger partial charge is 0.320 e. The van der Waals surface area contributed by atoms with Gasteiger partial charge >= 0.3 is 6.01 Å². The van der Waals surface area contributed by atoms with Crippen LogP contribution in [0.3, 0.4) is 0 Å². The standard InChI is InChI=1S/C13H16BrFN4O/c1-8(2)6-16-7-12-18-19-13(20-12)17-11-5-9(15)3-4-10(11)14/h3-5,8,16H,6-7H2,1-2H3,(H,17,19). The molecule has 0 fully saturated rings. The highest BCUT2D eigenvalue weighted by molar-refractivity contribution is 9.10. The molecule has 1 heterocycles. The lowest BCUT2D eigenvalue weighted by Gasteiger charge is -2.04. The second kappa shape index (κ2) is 6.81. The molecule has 2 N–H and O–H groups in total. The Balaban J connectivity index is 1.97. The van der Waals surface area contributed by atoms with E-state index in [2.05, 4.69) is 50.6 Å². The van der Waals surface area contributed by atoms with Crippen LogP contribution >= 0.6 is 15.9 Å². The van der Waals surface area contributed by atoms with E-state index < -0.39 is 0 Å². The summed E-state index contributed by atoms with van der Waals surface area (Å²) < 4.78 is 19.3.